The summed E-state index contributed by atoms with van der Waals surface area (Å²) in [7, 11) is 0. The second kappa shape index (κ2) is 5.11. The minimum Gasteiger partial charge on any atom is -0.382 e. The number of Topliss-reactive ketones (excluding diaryl/α,β-unsaturated/α-hetero) is 2. The fourth-order valence-corrected chi connectivity index (χ4v) is 4.44. The first-order chi connectivity index (χ1) is 10.1. The number of hydrogen-bond acceptors (Lipinski definition) is 5. The van der Waals surface area contributed by atoms with Crippen LogP contribution in [0.5, 0.6) is 0 Å². The van der Waals surface area contributed by atoms with Gasteiger partial charge in [-0.2, -0.15) is 0 Å². The lowest BCUT2D eigenvalue weighted by atomic mass is 9.66. The number of hydrogen-bond donors (Lipinski definition) is 1. The summed E-state index contributed by atoms with van der Waals surface area (Å²) in [5.41, 5.74) is -4.58. The van der Waals surface area contributed by atoms with Gasteiger partial charge in [-0.05, 0) is 48.5 Å². The molecule has 0 saturated carbocycles. The van der Waals surface area contributed by atoms with Gasteiger partial charge in [-0.25, -0.2) is 0 Å². The van der Waals surface area contributed by atoms with Gasteiger partial charge in [-0.1, -0.05) is 0 Å². The van der Waals surface area contributed by atoms with E-state index in [1.807, 2.05) is 41.5 Å². The van der Waals surface area contributed by atoms with E-state index in [-0.39, 0.29) is 30.8 Å². The average Bonchev–Trinajstić information content (AvgIpc) is 2.20. The van der Waals surface area contributed by atoms with E-state index in [9.17, 15) is 14.7 Å². The van der Waals surface area contributed by atoms with E-state index in [1.165, 1.54) is 6.92 Å². The molecule has 0 aromatic heterocycles. The third-order valence-electron chi connectivity index (χ3n) is 5.28. The van der Waals surface area contributed by atoms with Crippen molar-refractivity contribution >= 4 is 11.6 Å². The number of ketones is 2. The molecule has 5 nitrogen and oxygen atoms in total. The summed E-state index contributed by atoms with van der Waals surface area (Å²) in [4.78, 5) is 24.3. The van der Waals surface area contributed by atoms with Crippen molar-refractivity contribution in [3.05, 3.63) is 0 Å². The number of carbonyl (C=O) groups is 2. The Morgan fingerprint density at radius 1 is 0.913 bits per heavy atom. The van der Waals surface area contributed by atoms with Crippen molar-refractivity contribution in [3.63, 3.8) is 0 Å². The Morgan fingerprint density at radius 3 is 1.91 bits per heavy atom. The van der Waals surface area contributed by atoms with Crippen LogP contribution in [0.3, 0.4) is 0 Å². The summed E-state index contributed by atoms with van der Waals surface area (Å²) in [6, 6.07) is 0. The van der Waals surface area contributed by atoms with Crippen LogP contribution in [0.4, 0.5) is 0 Å². The largest absolute Gasteiger partial charge is 0.382 e. The summed E-state index contributed by atoms with van der Waals surface area (Å²) < 4.78 is 12.6. The van der Waals surface area contributed by atoms with Crippen molar-refractivity contribution in [3.8, 4) is 0 Å². The maximum Gasteiger partial charge on any atom is 0.161 e. The molecule has 0 aromatic rings. The lowest BCUT2D eigenvalue weighted by molar-refractivity contribution is -0.309. The molecule has 0 radical (unpaired) electrons. The monoisotopic (exact) mass is 326 g/mol. The molecule has 2 saturated heterocycles. The van der Waals surface area contributed by atoms with Gasteiger partial charge in [0.15, 0.2) is 5.78 Å². The quantitative estimate of drug-likeness (QED) is 0.844. The molecule has 2 aliphatic rings. The standard InChI is InChI=1S/C18H30O5/c1-12(19)18(21)10-15(4,5)23-17(7,11-18)16(6)9-13(20)8-14(2,3)22-16/h21H,8-11H2,1-7H3/t16?,17-,18?/m0/s1. The predicted octanol–water partition coefficient (Wildman–Crippen LogP) is 2.57. The second-order valence-electron chi connectivity index (χ2n) is 9.02. The van der Waals surface area contributed by atoms with Crippen LogP contribution in [0.25, 0.3) is 0 Å². The van der Waals surface area contributed by atoms with Gasteiger partial charge in [0.2, 0.25) is 0 Å². The smallest absolute Gasteiger partial charge is 0.161 e. The van der Waals surface area contributed by atoms with Gasteiger partial charge in [-0.15, -0.1) is 0 Å². The number of ether oxygens (including phenoxy) is 2. The fourth-order valence-electron chi connectivity index (χ4n) is 4.44. The lowest BCUT2D eigenvalue weighted by Gasteiger charge is -2.59. The van der Waals surface area contributed by atoms with Crippen LogP contribution in [0.15, 0.2) is 0 Å². The van der Waals surface area contributed by atoms with Gasteiger partial charge in [0.25, 0.3) is 0 Å². The molecule has 132 valence electrons. The van der Waals surface area contributed by atoms with E-state index < -0.39 is 28.0 Å². The minimum atomic E-state index is -1.46. The van der Waals surface area contributed by atoms with Crippen LogP contribution in [0.1, 0.15) is 74.1 Å². The number of carbonyl (C=O) groups excluding carboxylic acids is 2. The first kappa shape index (κ1) is 18.6. The summed E-state index contributed by atoms with van der Waals surface area (Å²) in [6.45, 7) is 12.6. The normalized spacial score (nSPS) is 43.2. The Kier molecular flexibility index (Phi) is 4.12. The highest BCUT2D eigenvalue weighted by Gasteiger charge is 2.62. The Morgan fingerprint density at radius 2 is 1.43 bits per heavy atom. The molecule has 0 aromatic carbocycles. The Balaban J connectivity index is 2.46. The SMILES string of the molecule is CC(=O)C1(O)CC(C)(C)O[C@](C)(C2(C)CC(=O)CC(C)(C)O2)C1. The minimum absolute atomic E-state index is 0.114. The third-order valence-corrected chi connectivity index (χ3v) is 5.28. The third kappa shape index (κ3) is 3.37. The molecule has 3 atom stereocenters. The molecule has 5 heteroatoms. The van der Waals surface area contributed by atoms with E-state index in [2.05, 4.69) is 0 Å². The lowest BCUT2D eigenvalue weighted by Crippen LogP contribution is -2.69. The van der Waals surface area contributed by atoms with Crippen LogP contribution in [0.2, 0.25) is 0 Å². The molecule has 2 fully saturated rings. The van der Waals surface area contributed by atoms with Crippen molar-refractivity contribution < 1.29 is 24.2 Å². The molecular weight excluding hydrogens is 296 g/mol. The zero-order valence-corrected chi connectivity index (χ0v) is 15.4. The summed E-state index contributed by atoms with van der Waals surface area (Å²) in [6.07, 6.45) is 0.937. The van der Waals surface area contributed by atoms with E-state index in [0.29, 0.717) is 6.42 Å². The van der Waals surface area contributed by atoms with E-state index in [1.54, 1.807) is 0 Å². The van der Waals surface area contributed by atoms with Crippen molar-refractivity contribution in [2.75, 3.05) is 0 Å². The number of aliphatic hydroxyl groups is 1. The molecule has 0 bridgehead atoms. The van der Waals surface area contributed by atoms with Crippen LogP contribution in [-0.4, -0.2) is 44.7 Å². The maximum atomic E-state index is 12.3. The molecular formula is C18H30O5. The Bertz CT molecular complexity index is 538. The van der Waals surface area contributed by atoms with E-state index in [0.717, 1.165) is 0 Å². The van der Waals surface area contributed by atoms with Crippen molar-refractivity contribution in [1.82, 2.24) is 0 Å². The summed E-state index contributed by atoms with van der Waals surface area (Å²) in [5.74, 6) is -0.159. The first-order valence-electron chi connectivity index (χ1n) is 8.28. The molecule has 0 spiro atoms. The topological polar surface area (TPSA) is 72.8 Å². The summed E-state index contributed by atoms with van der Waals surface area (Å²) >= 11 is 0. The predicted molar refractivity (Wildman–Crippen MR) is 86.2 cm³/mol. The van der Waals surface area contributed by atoms with Gasteiger partial charge >= 0.3 is 0 Å². The summed E-state index contributed by atoms with van der Waals surface area (Å²) in [5, 5.41) is 10.9. The van der Waals surface area contributed by atoms with Gasteiger partial charge < -0.3 is 14.6 Å². The molecule has 1 N–H and O–H groups in total. The highest BCUT2D eigenvalue weighted by Crippen LogP contribution is 2.51. The van der Waals surface area contributed by atoms with Gasteiger partial charge in [0.1, 0.15) is 17.0 Å². The van der Waals surface area contributed by atoms with Crippen LogP contribution >= 0.6 is 0 Å². The average molecular weight is 326 g/mol. The zero-order valence-electron chi connectivity index (χ0n) is 15.4. The molecule has 2 aliphatic heterocycles. The maximum absolute atomic E-state index is 12.3. The van der Waals surface area contributed by atoms with Gasteiger partial charge in [-0.3, -0.25) is 9.59 Å². The first-order valence-corrected chi connectivity index (χ1v) is 8.28. The van der Waals surface area contributed by atoms with Crippen LogP contribution < -0.4 is 0 Å². The zero-order chi connectivity index (χ0) is 17.9. The van der Waals surface area contributed by atoms with Gasteiger partial charge in [0.05, 0.1) is 16.8 Å². The molecule has 0 aliphatic carbocycles. The Hall–Kier alpha value is -0.780. The van der Waals surface area contributed by atoms with Crippen molar-refractivity contribution in [1.29, 1.82) is 0 Å². The van der Waals surface area contributed by atoms with Crippen molar-refractivity contribution in [2.24, 2.45) is 0 Å². The highest BCUT2D eigenvalue weighted by atomic mass is 16.6. The van der Waals surface area contributed by atoms with E-state index in [4.69, 9.17) is 9.47 Å². The molecule has 2 heterocycles. The van der Waals surface area contributed by atoms with Crippen LogP contribution in [-0.2, 0) is 19.1 Å². The van der Waals surface area contributed by atoms with Gasteiger partial charge in [0, 0.05) is 25.7 Å². The Labute approximate surface area is 138 Å². The van der Waals surface area contributed by atoms with E-state index >= 15 is 0 Å². The molecule has 2 unspecified atom stereocenters. The van der Waals surface area contributed by atoms with Crippen molar-refractivity contribution in [2.45, 2.75) is 102 Å². The second-order valence-corrected chi connectivity index (χ2v) is 9.02. The van der Waals surface area contributed by atoms with Crippen LogP contribution in [0, 0.1) is 0 Å². The highest BCUT2D eigenvalue weighted by molar-refractivity contribution is 5.85. The number of rotatable bonds is 2. The fraction of sp³-hybridized carbons (Fsp3) is 0.889. The molecule has 23 heavy (non-hydrogen) atoms. The molecule has 0 amide bonds. The molecule has 2 rings (SSSR count).